The highest BCUT2D eigenvalue weighted by molar-refractivity contribution is 4.91. The molecule has 22 heavy (non-hydrogen) atoms. The fourth-order valence-electron chi connectivity index (χ4n) is 2.62. The van der Waals surface area contributed by atoms with Crippen LogP contribution in [0.5, 0.6) is 0 Å². The van der Waals surface area contributed by atoms with Crippen molar-refractivity contribution in [3.63, 3.8) is 0 Å². The Morgan fingerprint density at radius 2 is 1.23 bits per heavy atom. The van der Waals surface area contributed by atoms with Crippen molar-refractivity contribution < 1.29 is 44.8 Å². The van der Waals surface area contributed by atoms with E-state index in [1.54, 1.807) is 6.92 Å². The number of aliphatic hydroxyl groups excluding tert-OH is 6. The maximum atomic E-state index is 9.91. The first-order chi connectivity index (χ1) is 10.3. The minimum atomic E-state index is -1.55. The van der Waals surface area contributed by atoms with Crippen LogP contribution in [0.1, 0.15) is 20.3 Å². The Kier molecular flexibility index (Phi) is 5.75. The van der Waals surface area contributed by atoms with Gasteiger partial charge in [0, 0.05) is 0 Å². The highest BCUT2D eigenvalue weighted by atomic mass is 16.8. The summed E-state index contributed by atoms with van der Waals surface area (Å²) in [5.74, 6) is 0. The van der Waals surface area contributed by atoms with Gasteiger partial charge >= 0.3 is 0 Å². The van der Waals surface area contributed by atoms with Crippen molar-refractivity contribution in [2.75, 3.05) is 0 Å². The molecule has 0 saturated carbocycles. The van der Waals surface area contributed by atoms with Crippen LogP contribution in [0.3, 0.4) is 0 Å². The molecule has 0 aromatic carbocycles. The van der Waals surface area contributed by atoms with Gasteiger partial charge in [-0.25, -0.2) is 0 Å². The van der Waals surface area contributed by atoms with E-state index in [1.165, 1.54) is 6.92 Å². The van der Waals surface area contributed by atoms with Crippen LogP contribution in [0.25, 0.3) is 0 Å². The van der Waals surface area contributed by atoms with Crippen LogP contribution in [-0.4, -0.2) is 92.1 Å². The number of hydrogen-bond acceptors (Lipinski definition) is 9. The van der Waals surface area contributed by atoms with E-state index in [9.17, 15) is 30.6 Å². The molecule has 0 aliphatic carbocycles. The van der Waals surface area contributed by atoms with Crippen LogP contribution in [0.2, 0.25) is 0 Å². The van der Waals surface area contributed by atoms with Gasteiger partial charge in [-0.2, -0.15) is 0 Å². The van der Waals surface area contributed by atoms with Gasteiger partial charge in [0.15, 0.2) is 12.6 Å². The SMILES string of the molecule is CCC1O[C@H](O[C@H]2OC(C)[C@@H](O)[C@H](O)C2O)[C@H](O)C(O)[C@@H]1O. The fourth-order valence-corrected chi connectivity index (χ4v) is 2.62. The first-order valence-corrected chi connectivity index (χ1v) is 7.32. The van der Waals surface area contributed by atoms with Crippen molar-refractivity contribution in [2.45, 2.75) is 81.7 Å². The maximum Gasteiger partial charge on any atom is 0.189 e. The summed E-state index contributed by atoms with van der Waals surface area (Å²) in [6.07, 6.45) is -12.5. The first kappa shape index (κ1) is 18.0. The van der Waals surface area contributed by atoms with E-state index >= 15 is 0 Å². The lowest BCUT2D eigenvalue weighted by atomic mass is 9.97. The molecule has 10 atom stereocenters. The van der Waals surface area contributed by atoms with Gasteiger partial charge in [-0.3, -0.25) is 0 Å². The summed E-state index contributed by atoms with van der Waals surface area (Å²) in [5.41, 5.74) is 0. The third-order valence-electron chi connectivity index (χ3n) is 4.15. The second-order valence-corrected chi connectivity index (χ2v) is 5.74. The molecule has 0 aromatic rings. The predicted molar refractivity (Wildman–Crippen MR) is 70.4 cm³/mol. The second-order valence-electron chi connectivity index (χ2n) is 5.74. The average molecular weight is 324 g/mol. The zero-order chi connectivity index (χ0) is 16.6. The molecule has 0 bridgehead atoms. The summed E-state index contributed by atoms with van der Waals surface area (Å²) in [7, 11) is 0. The van der Waals surface area contributed by atoms with E-state index in [2.05, 4.69) is 0 Å². The topological polar surface area (TPSA) is 149 Å². The predicted octanol–water partition coefficient (Wildman–Crippen LogP) is -2.95. The molecule has 4 unspecified atom stereocenters. The van der Waals surface area contributed by atoms with E-state index in [0.717, 1.165) is 0 Å². The van der Waals surface area contributed by atoms with Crippen molar-refractivity contribution in [3.8, 4) is 0 Å². The Morgan fingerprint density at radius 3 is 1.77 bits per heavy atom. The second kappa shape index (κ2) is 7.04. The van der Waals surface area contributed by atoms with E-state index in [-0.39, 0.29) is 0 Å². The largest absolute Gasteiger partial charge is 0.388 e. The molecular formula is C13H24O9. The third-order valence-corrected chi connectivity index (χ3v) is 4.15. The molecule has 2 rings (SSSR count). The summed E-state index contributed by atoms with van der Waals surface area (Å²) in [6, 6.07) is 0. The number of ether oxygens (including phenoxy) is 3. The highest BCUT2D eigenvalue weighted by Gasteiger charge is 2.48. The minimum Gasteiger partial charge on any atom is -0.388 e. The summed E-state index contributed by atoms with van der Waals surface area (Å²) in [5, 5.41) is 58.7. The van der Waals surface area contributed by atoms with Gasteiger partial charge < -0.3 is 44.8 Å². The van der Waals surface area contributed by atoms with Crippen LogP contribution < -0.4 is 0 Å². The van der Waals surface area contributed by atoms with Gasteiger partial charge in [-0.1, -0.05) is 6.92 Å². The van der Waals surface area contributed by atoms with E-state index < -0.39 is 61.4 Å². The lowest BCUT2D eigenvalue weighted by molar-refractivity contribution is -0.372. The number of rotatable bonds is 3. The monoisotopic (exact) mass is 324 g/mol. The smallest absolute Gasteiger partial charge is 0.189 e. The summed E-state index contributed by atoms with van der Waals surface area (Å²) < 4.78 is 15.9. The van der Waals surface area contributed by atoms with Crippen molar-refractivity contribution in [2.24, 2.45) is 0 Å². The van der Waals surface area contributed by atoms with Crippen LogP contribution in [0.4, 0.5) is 0 Å². The fraction of sp³-hybridized carbons (Fsp3) is 1.00. The van der Waals surface area contributed by atoms with Crippen LogP contribution in [0, 0.1) is 0 Å². The van der Waals surface area contributed by atoms with E-state index in [1.807, 2.05) is 0 Å². The summed E-state index contributed by atoms with van der Waals surface area (Å²) >= 11 is 0. The Bertz CT molecular complexity index is 365. The molecule has 2 saturated heterocycles. The van der Waals surface area contributed by atoms with Gasteiger partial charge in [0.05, 0.1) is 12.2 Å². The molecule has 6 N–H and O–H groups in total. The van der Waals surface area contributed by atoms with Crippen molar-refractivity contribution in [3.05, 3.63) is 0 Å². The molecular weight excluding hydrogens is 300 g/mol. The zero-order valence-corrected chi connectivity index (χ0v) is 12.4. The molecule has 2 aliphatic rings. The lowest BCUT2D eigenvalue weighted by Crippen LogP contribution is -2.62. The summed E-state index contributed by atoms with van der Waals surface area (Å²) in [6.45, 7) is 3.21. The molecule has 0 spiro atoms. The highest BCUT2D eigenvalue weighted by Crippen LogP contribution is 2.28. The minimum absolute atomic E-state index is 0.372. The molecule has 130 valence electrons. The van der Waals surface area contributed by atoms with Crippen molar-refractivity contribution in [1.29, 1.82) is 0 Å². The number of aliphatic hydroxyl groups is 6. The van der Waals surface area contributed by atoms with Gasteiger partial charge in [-0.15, -0.1) is 0 Å². The van der Waals surface area contributed by atoms with Gasteiger partial charge in [0.2, 0.25) is 0 Å². The number of hydrogen-bond donors (Lipinski definition) is 6. The zero-order valence-electron chi connectivity index (χ0n) is 12.4. The van der Waals surface area contributed by atoms with Crippen molar-refractivity contribution >= 4 is 0 Å². The van der Waals surface area contributed by atoms with Gasteiger partial charge in [-0.05, 0) is 13.3 Å². The van der Waals surface area contributed by atoms with Gasteiger partial charge in [0.25, 0.3) is 0 Å². The van der Waals surface area contributed by atoms with E-state index in [4.69, 9.17) is 14.2 Å². The first-order valence-electron chi connectivity index (χ1n) is 7.32. The lowest BCUT2D eigenvalue weighted by Gasteiger charge is -2.44. The van der Waals surface area contributed by atoms with Crippen LogP contribution >= 0.6 is 0 Å². The average Bonchev–Trinajstić information content (AvgIpc) is 2.50. The van der Waals surface area contributed by atoms with Crippen LogP contribution in [-0.2, 0) is 14.2 Å². The molecule has 0 radical (unpaired) electrons. The molecule has 2 heterocycles. The third kappa shape index (κ3) is 3.28. The van der Waals surface area contributed by atoms with Crippen molar-refractivity contribution in [1.82, 2.24) is 0 Å². The quantitative estimate of drug-likeness (QED) is 0.320. The molecule has 0 aromatic heterocycles. The Labute approximate surface area is 127 Å². The standard InChI is InChI=1S/C13H24O9/c1-3-5-7(15)9(17)11(19)13(21-5)22-12-10(18)8(16)6(14)4(2)20-12/h4-19H,3H2,1-2H3/t4?,5?,6-,7-,8+,9?,10?,11-,12-,13-/m1/s1. The molecule has 9 nitrogen and oxygen atoms in total. The Hall–Kier alpha value is -0.360. The Balaban J connectivity index is 2.05. The van der Waals surface area contributed by atoms with Gasteiger partial charge in [0.1, 0.15) is 36.6 Å². The maximum absolute atomic E-state index is 9.91. The molecule has 2 fully saturated rings. The molecule has 2 aliphatic heterocycles. The molecule has 9 heteroatoms. The Morgan fingerprint density at radius 1 is 0.727 bits per heavy atom. The van der Waals surface area contributed by atoms with Crippen LogP contribution in [0.15, 0.2) is 0 Å². The summed E-state index contributed by atoms with van der Waals surface area (Å²) in [4.78, 5) is 0. The molecule has 0 amide bonds. The normalized spacial score (nSPS) is 53.5. The van der Waals surface area contributed by atoms with E-state index in [0.29, 0.717) is 6.42 Å².